The first-order valence-electron chi connectivity index (χ1n) is 10.5. The van der Waals surface area contributed by atoms with E-state index in [4.69, 9.17) is 9.47 Å². The lowest BCUT2D eigenvalue weighted by atomic mass is 10.1. The molecular formula is C24H20N6O4S. The second kappa shape index (κ2) is 9.03. The van der Waals surface area contributed by atoms with Crippen molar-refractivity contribution in [2.45, 2.75) is 4.90 Å². The summed E-state index contributed by atoms with van der Waals surface area (Å²) in [6, 6.07) is 18.7. The van der Waals surface area contributed by atoms with Crippen LogP contribution in [0.25, 0.3) is 28.3 Å². The van der Waals surface area contributed by atoms with Crippen LogP contribution in [0.2, 0.25) is 0 Å². The van der Waals surface area contributed by atoms with Gasteiger partial charge < -0.3 is 9.47 Å². The van der Waals surface area contributed by atoms with Crippen LogP contribution in [0.5, 0.6) is 11.5 Å². The zero-order valence-corrected chi connectivity index (χ0v) is 19.6. The van der Waals surface area contributed by atoms with Crippen LogP contribution in [0.15, 0.2) is 84.0 Å². The molecule has 2 aromatic carbocycles. The second-order valence-corrected chi connectivity index (χ2v) is 9.14. The molecule has 5 aromatic rings. The Hall–Kier alpha value is -4.51. The molecule has 0 aliphatic rings. The number of benzene rings is 2. The van der Waals surface area contributed by atoms with Crippen LogP contribution in [-0.2, 0) is 10.0 Å². The van der Waals surface area contributed by atoms with Crippen LogP contribution in [0.1, 0.15) is 0 Å². The molecule has 0 bridgehead atoms. The molecule has 0 amide bonds. The summed E-state index contributed by atoms with van der Waals surface area (Å²) >= 11 is 0. The van der Waals surface area contributed by atoms with Gasteiger partial charge in [-0.1, -0.05) is 12.1 Å². The van der Waals surface area contributed by atoms with Crippen LogP contribution in [-0.4, -0.2) is 47.4 Å². The number of sulfonamides is 1. The first-order chi connectivity index (χ1) is 17.0. The number of anilines is 1. The minimum absolute atomic E-state index is 0.0469. The SMILES string of the molecule is COc1ccc(S(=O)(=O)Nc2cccc(-c3ccc4nnc(-c5cccnc5)n4n3)c2)cc1OC. The molecule has 0 unspecified atom stereocenters. The number of hydrogen-bond acceptors (Lipinski definition) is 8. The Balaban J connectivity index is 1.47. The molecule has 0 atom stereocenters. The molecule has 0 radical (unpaired) electrons. The number of aromatic nitrogens is 5. The van der Waals surface area contributed by atoms with E-state index in [1.54, 1.807) is 53.3 Å². The highest BCUT2D eigenvalue weighted by atomic mass is 32.2. The smallest absolute Gasteiger partial charge is 0.262 e. The van der Waals surface area contributed by atoms with Gasteiger partial charge in [-0.2, -0.15) is 9.61 Å². The van der Waals surface area contributed by atoms with E-state index in [0.29, 0.717) is 39.9 Å². The molecule has 0 spiro atoms. The lowest BCUT2D eigenvalue weighted by Gasteiger charge is -2.12. The zero-order chi connectivity index (χ0) is 24.4. The fourth-order valence-corrected chi connectivity index (χ4v) is 4.62. The molecule has 0 aliphatic heterocycles. The molecule has 3 aromatic heterocycles. The Morgan fingerprint density at radius 2 is 1.69 bits per heavy atom. The average molecular weight is 489 g/mol. The number of rotatable bonds is 7. The zero-order valence-electron chi connectivity index (χ0n) is 18.8. The number of hydrogen-bond donors (Lipinski definition) is 1. The molecule has 176 valence electrons. The third kappa shape index (κ3) is 4.36. The van der Waals surface area contributed by atoms with Crippen molar-refractivity contribution < 1.29 is 17.9 Å². The minimum atomic E-state index is -3.88. The second-order valence-electron chi connectivity index (χ2n) is 7.46. The first kappa shape index (κ1) is 22.3. The van der Waals surface area contributed by atoms with Crippen molar-refractivity contribution in [1.82, 2.24) is 24.8 Å². The van der Waals surface area contributed by atoms with Crippen molar-refractivity contribution in [1.29, 1.82) is 0 Å². The van der Waals surface area contributed by atoms with Gasteiger partial charge in [-0.15, -0.1) is 10.2 Å². The summed E-state index contributed by atoms with van der Waals surface area (Å²) in [5, 5.41) is 13.1. The molecule has 35 heavy (non-hydrogen) atoms. The standard InChI is InChI=1S/C24H20N6O4S/c1-33-21-10-8-19(14-22(21)34-2)35(31,32)29-18-7-3-5-16(13-18)20-9-11-23-26-27-24(30(23)28-20)17-6-4-12-25-15-17/h3-15,29H,1-2H3. The molecule has 0 fully saturated rings. The fourth-order valence-electron chi connectivity index (χ4n) is 3.56. The normalized spacial score (nSPS) is 11.4. The van der Waals surface area contributed by atoms with Gasteiger partial charge in [-0.3, -0.25) is 9.71 Å². The summed E-state index contributed by atoms with van der Waals surface area (Å²) in [5.41, 5.74) is 3.08. The Kier molecular flexibility index (Phi) is 5.75. The van der Waals surface area contributed by atoms with Crippen LogP contribution in [0.3, 0.4) is 0 Å². The highest BCUT2D eigenvalue weighted by Gasteiger charge is 2.18. The van der Waals surface area contributed by atoms with E-state index in [9.17, 15) is 8.42 Å². The van der Waals surface area contributed by atoms with E-state index < -0.39 is 10.0 Å². The van der Waals surface area contributed by atoms with Crippen LogP contribution >= 0.6 is 0 Å². The highest BCUT2D eigenvalue weighted by molar-refractivity contribution is 7.92. The molecule has 3 heterocycles. The first-order valence-corrected chi connectivity index (χ1v) is 11.9. The van der Waals surface area contributed by atoms with Crippen LogP contribution in [0.4, 0.5) is 5.69 Å². The van der Waals surface area contributed by atoms with E-state index in [2.05, 4.69) is 25.0 Å². The summed E-state index contributed by atoms with van der Waals surface area (Å²) < 4.78 is 40.7. The van der Waals surface area contributed by atoms with E-state index in [-0.39, 0.29) is 4.90 Å². The molecule has 11 heteroatoms. The summed E-state index contributed by atoms with van der Waals surface area (Å²) in [6.07, 6.45) is 3.37. The highest BCUT2D eigenvalue weighted by Crippen LogP contribution is 2.31. The van der Waals surface area contributed by atoms with Crippen molar-refractivity contribution in [3.8, 4) is 34.1 Å². The van der Waals surface area contributed by atoms with Gasteiger partial charge in [-0.05, 0) is 48.5 Å². The third-order valence-corrected chi connectivity index (χ3v) is 6.64. The minimum Gasteiger partial charge on any atom is -0.493 e. The van der Waals surface area contributed by atoms with Gasteiger partial charge in [0.2, 0.25) is 0 Å². The monoisotopic (exact) mass is 488 g/mol. The van der Waals surface area contributed by atoms with Crippen molar-refractivity contribution in [3.05, 3.63) is 79.1 Å². The van der Waals surface area contributed by atoms with Crippen LogP contribution < -0.4 is 14.2 Å². The van der Waals surface area contributed by atoms with Gasteiger partial charge in [0.05, 0.1) is 24.8 Å². The van der Waals surface area contributed by atoms with Crippen LogP contribution in [0, 0.1) is 0 Å². The van der Waals surface area contributed by atoms with Crippen molar-refractivity contribution in [2.24, 2.45) is 0 Å². The fraction of sp³-hybridized carbons (Fsp3) is 0.0833. The average Bonchev–Trinajstić information content (AvgIpc) is 3.32. The Morgan fingerprint density at radius 1 is 0.857 bits per heavy atom. The number of methoxy groups -OCH3 is 2. The summed E-state index contributed by atoms with van der Waals surface area (Å²) in [5.74, 6) is 1.31. The summed E-state index contributed by atoms with van der Waals surface area (Å²) in [6.45, 7) is 0. The van der Waals surface area contributed by atoms with E-state index >= 15 is 0 Å². The largest absolute Gasteiger partial charge is 0.493 e. The molecule has 1 N–H and O–H groups in total. The topological polar surface area (TPSA) is 121 Å². The van der Waals surface area contributed by atoms with Gasteiger partial charge >= 0.3 is 0 Å². The Bertz CT molecular complexity index is 1620. The maximum Gasteiger partial charge on any atom is 0.262 e. The lowest BCUT2D eigenvalue weighted by molar-refractivity contribution is 0.354. The van der Waals surface area contributed by atoms with Gasteiger partial charge in [0.15, 0.2) is 23.0 Å². The molecule has 0 aliphatic carbocycles. The molecule has 0 saturated carbocycles. The van der Waals surface area contributed by atoms with Crippen molar-refractivity contribution in [3.63, 3.8) is 0 Å². The molecule has 5 rings (SSSR count). The number of nitrogens with one attached hydrogen (secondary N) is 1. The maximum absolute atomic E-state index is 13.0. The van der Waals surface area contributed by atoms with E-state index in [1.807, 2.05) is 18.2 Å². The third-order valence-electron chi connectivity index (χ3n) is 5.26. The predicted molar refractivity (Wildman–Crippen MR) is 130 cm³/mol. The maximum atomic E-state index is 13.0. The molecule has 10 nitrogen and oxygen atoms in total. The van der Waals surface area contributed by atoms with Gasteiger partial charge in [0.1, 0.15) is 0 Å². The predicted octanol–water partition coefficient (Wildman–Crippen LogP) is 3.67. The quantitative estimate of drug-likeness (QED) is 0.368. The van der Waals surface area contributed by atoms with E-state index in [1.165, 1.54) is 26.4 Å². The van der Waals surface area contributed by atoms with Gasteiger partial charge in [-0.25, -0.2) is 8.42 Å². The molecule has 0 saturated heterocycles. The van der Waals surface area contributed by atoms with E-state index in [0.717, 1.165) is 5.56 Å². The number of ether oxygens (including phenoxy) is 2. The molecular weight excluding hydrogens is 468 g/mol. The number of fused-ring (bicyclic) bond motifs is 1. The van der Waals surface area contributed by atoms with Gasteiger partial charge in [0.25, 0.3) is 10.0 Å². The van der Waals surface area contributed by atoms with Gasteiger partial charge in [0, 0.05) is 35.3 Å². The lowest BCUT2D eigenvalue weighted by Crippen LogP contribution is -2.13. The summed E-state index contributed by atoms with van der Waals surface area (Å²) in [7, 11) is -0.941. The Labute approximate surface area is 201 Å². The number of pyridine rings is 1. The summed E-state index contributed by atoms with van der Waals surface area (Å²) in [4.78, 5) is 4.18. The number of nitrogens with zero attached hydrogens (tertiary/aromatic N) is 5. The van der Waals surface area contributed by atoms with Crippen molar-refractivity contribution in [2.75, 3.05) is 18.9 Å². The Morgan fingerprint density at radius 3 is 2.46 bits per heavy atom. The van der Waals surface area contributed by atoms with Crippen molar-refractivity contribution >= 4 is 21.4 Å².